The van der Waals surface area contributed by atoms with Crippen molar-refractivity contribution in [1.82, 2.24) is 4.31 Å². The molecule has 1 N–H and O–H groups in total. The molecule has 1 saturated heterocycles. The van der Waals surface area contributed by atoms with Crippen LogP contribution in [0.1, 0.15) is 12.8 Å². The number of nitrogens with zero attached hydrogens (tertiary/aromatic N) is 1. The summed E-state index contributed by atoms with van der Waals surface area (Å²) >= 11 is 0. The Morgan fingerprint density at radius 2 is 1.73 bits per heavy atom. The molecule has 2 amide bonds. The topological polar surface area (TPSA) is 83.6 Å². The highest BCUT2D eigenvalue weighted by Crippen LogP contribution is 2.28. The Bertz CT molecular complexity index is 961. The molecule has 0 aromatic heterocycles. The predicted octanol–water partition coefficient (Wildman–Crippen LogP) is 2.28. The summed E-state index contributed by atoms with van der Waals surface area (Å²) < 4.78 is 52.7. The zero-order valence-corrected chi connectivity index (χ0v) is 14.2. The van der Waals surface area contributed by atoms with Gasteiger partial charge in [0.2, 0.25) is 11.8 Å². The van der Waals surface area contributed by atoms with Gasteiger partial charge < -0.3 is 5.32 Å². The van der Waals surface area contributed by atoms with Crippen molar-refractivity contribution in [3.05, 3.63) is 60.2 Å². The second-order valence-corrected chi connectivity index (χ2v) is 7.49. The van der Waals surface area contributed by atoms with E-state index in [0.29, 0.717) is 4.31 Å². The van der Waals surface area contributed by atoms with E-state index in [2.05, 4.69) is 5.32 Å². The van der Waals surface area contributed by atoms with Crippen LogP contribution in [0, 0.1) is 11.6 Å². The molecule has 0 bridgehead atoms. The average molecular weight is 380 g/mol. The lowest BCUT2D eigenvalue weighted by Gasteiger charge is -2.23. The molecule has 1 aliphatic heterocycles. The molecule has 1 atom stereocenters. The van der Waals surface area contributed by atoms with Crippen LogP contribution in [-0.2, 0) is 19.6 Å². The van der Waals surface area contributed by atoms with E-state index in [4.69, 9.17) is 0 Å². The van der Waals surface area contributed by atoms with Crippen molar-refractivity contribution in [2.75, 3.05) is 5.32 Å². The van der Waals surface area contributed by atoms with Gasteiger partial charge in [-0.05, 0) is 42.8 Å². The van der Waals surface area contributed by atoms with Crippen LogP contribution in [0.25, 0.3) is 0 Å². The number of carbonyl (C=O) groups is 2. The Balaban J connectivity index is 1.90. The number of carbonyl (C=O) groups excluding carboxylic acids is 2. The molecule has 0 spiro atoms. The Morgan fingerprint density at radius 3 is 2.38 bits per heavy atom. The molecule has 3 rings (SSSR count). The molecule has 1 heterocycles. The van der Waals surface area contributed by atoms with Gasteiger partial charge in [-0.2, -0.15) is 0 Å². The van der Waals surface area contributed by atoms with Crippen LogP contribution >= 0.6 is 0 Å². The van der Waals surface area contributed by atoms with Crippen molar-refractivity contribution in [3.63, 3.8) is 0 Å². The van der Waals surface area contributed by atoms with E-state index in [1.807, 2.05) is 0 Å². The van der Waals surface area contributed by atoms with Crippen LogP contribution in [0.2, 0.25) is 0 Å². The lowest BCUT2D eigenvalue weighted by molar-refractivity contribution is -0.128. The van der Waals surface area contributed by atoms with Crippen molar-refractivity contribution in [2.45, 2.75) is 23.8 Å². The highest BCUT2D eigenvalue weighted by molar-refractivity contribution is 7.89. The summed E-state index contributed by atoms with van der Waals surface area (Å²) in [4.78, 5) is 24.3. The molecule has 0 saturated carbocycles. The molecular weight excluding hydrogens is 366 g/mol. The van der Waals surface area contributed by atoms with Crippen molar-refractivity contribution in [3.8, 4) is 0 Å². The molecule has 1 fully saturated rings. The van der Waals surface area contributed by atoms with E-state index in [1.165, 1.54) is 18.2 Å². The Kier molecular flexibility index (Phi) is 4.73. The smallest absolute Gasteiger partial charge is 0.267 e. The normalized spacial score (nSPS) is 17.4. The minimum atomic E-state index is -4.34. The number of para-hydroxylation sites is 1. The Morgan fingerprint density at radius 1 is 1.08 bits per heavy atom. The molecule has 2 aromatic carbocycles. The Hall–Kier alpha value is -2.81. The van der Waals surface area contributed by atoms with Crippen LogP contribution in [0.15, 0.2) is 53.4 Å². The van der Waals surface area contributed by atoms with Crippen LogP contribution in [0.3, 0.4) is 0 Å². The van der Waals surface area contributed by atoms with Crippen molar-refractivity contribution >= 4 is 27.5 Å². The monoisotopic (exact) mass is 380 g/mol. The van der Waals surface area contributed by atoms with Gasteiger partial charge in [0.1, 0.15) is 17.7 Å². The summed E-state index contributed by atoms with van der Waals surface area (Å²) in [6, 6.07) is 8.03. The molecule has 0 radical (unpaired) electrons. The molecule has 1 aliphatic rings. The van der Waals surface area contributed by atoms with E-state index in [1.54, 1.807) is 0 Å². The van der Waals surface area contributed by atoms with Gasteiger partial charge in [0.25, 0.3) is 10.0 Å². The predicted molar refractivity (Wildman–Crippen MR) is 88.5 cm³/mol. The SMILES string of the molecule is O=C(Nc1ccccc1F)C1CCC(=O)N1S(=O)(=O)c1ccc(F)cc1. The van der Waals surface area contributed by atoms with Gasteiger partial charge in [-0.25, -0.2) is 21.5 Å². The summed E-state index contributed by atoms with van der Waals surface area (Å²) in [6.07, 6.45) is -0.171. The lowest BCUT2D eigenvalue weighted by Crippen LogP contribution is -2.45. The average Bonchev–Trinajstić information content (AvgIpc) is 3.00. The zero-order chi connectivity index (χ0) is 18.9. The first kappa shape index (κ1) is 18.0. The molecule has 1 unspecified atom stereocenters. The number of amides is 2. The number of halogens is 2. The van der Waals surface area contributed by atoms with Gasteiger partial charge in [-0.1, -0.05) is 12.1 Å². The first-order valence-corrected chi connectivity index (χ1v) is 9.13. The number of sulfonamides is 1. The molecule has 6 nitrogen and oxygen atoms in total. The summed E-state index contributed by atoms with van der Waals surface area (Å²) in [7, 11) is -4.34. The third-order valence-corrected chi connectivity index (χ3v) is 5.81. The molecule has 136 valence electrons. The summed E-state index contributed by atoms with van der Waals surface area (Å²) in [6.45, 7) is 0. The minimum Gasteiger partial charge on any atom is -0.322 e. The molecule has 0 aliphatic carbocycles. The highest BCUT2D eigenvalue weighted by atomic mass is 32.2. The molecular formula is C17H14F2N2O4S. The van der Waals surface area contributed by atoms with Gasteiger partial charge in [0, 0.05) is 6.42 Å². The maximum Gasteiger partial charge on any atom is 0.267 e. The maximum absolute atomic E-state index is 13.7. The van der Waals surface area contributed by atoms with E-state index >= 15 is 0 Å². The second kappa shape index (κ2) is 6.83. The number of rotatable bonds is 4. The van der Waals surface area contributed by atoms with Gasteiger partial charge >= 0.3 is 0 Å². The van der Waals surface area contributed by atoms with Gasteiger partial charge in [-0.3, -0.25) is 9.59 Å². The fourth-order valence-corrected chi connectivity index (χ4v) is 4.30. The summed E-state index contributed by atoms with van der Waals surface area (Å²) in [5.74, 6) is -2.88. The van der Waals surface area contributed by atoms with Crippen molar-refractivity contribution < 1.29 is 26.8 Å². The number of benzene rings is 2. The first-order chi connectivity index (χ1) is 12.3. The van der Waals surface area contributed by atoms with Crippen molar-refractivity contribution in [1.29, 1.82) is 0 Å². The standard InChI is InChI=1S/C17H14F2N2O4S/c18-11-5-7-12(8-6-11)26(24,25)21-15(9-10-16(21)22)17(23)20-14-4-2-1-3-13(14)19/h1-8,15H,9-10H2,(H,20,23). The number of nitrogens with one attached hydrogen (secondary N) is 1. The largest absolute Gasteiger partial charge is 0.322 e. The van der Waals surface area contributed by atoms with Crippen LogP contribution in [0.5, 0.6) is 0 Å². The van der Waals surface area contributed by atoms with Crippen LogP contribution in [0.4, 0.5) is 14.5 Å². The second-order valence-electron chi connectivity index (χ2n) is 5.67. The fourth-order valence-electron chi connectivity index (χ4n) is 2.70. The number of hydrogen-bond acceptors (Lipinski definition) is 4. The minimum absolute atomic E-state index is 0.0282. The van der Waals surface area contributed by atoms with E-state index in [-0.39, 0.29) is 23.4 Å². The van der Waals surface area contributed by atoms with Gasteiger partial charge in [-0.15, -0.1) is 0 Å². The number of hydrogen-bond donors (Lipinski definition) is 1. The van der Waals surface area contributed by atoms with Crippen molar-refractivity contribution in [2.24, 2.45) is 0 Å². The number of anilines is 1. The van der Waals surface area contributed by atoms with Crippen LogP contribution in [-0.4, -0.2) is 30.6 Å². The van der Waals surface area contributed by atoms with Gasteiger partial charge in [0.05, 0.1) is 10.6 Å². The fraction of sp³-hybridized carbons (Fsp3) is 0.176. The van der Waals surface area contributed by atoms with Crippen LogP contribution < -0.4 is 5.32 Å². The highest BCUT2D eigenvalue weighted by Gasteiger charge is 2.44. The van der Waals surface area contributed by atoms with E-state index in [0.717, 1.165) is 30.3 Å². The zero-order valence-electron chi connectivity index (χ0n) is 13.4. The first-order valence-electron chi connectivity index (χ1n) is 7.69. The van der Waals surface area contributed by atoms with E-state index < -0.39 is 39.5 Å². The lowest BCUT2D eigenvalue weighted by atomic mass is 10.2. The van der Waals surface area contributed by atoms with E-state index in [9.17, 15) is 26.8 Å². The molecule has 26 heavy (non-hydrogen) atoms. The third kappa shape index (κ3) is 3.30. The summed E-state index contributed by atoms with van der Waals surface area (Å²) in [5, 5.41) is 2.30. The summed E-state index contributed by atoms with van der Waals surface area (Å²) in [5.41, 5.74) is -0.115. The molecule has 9 heteroatoms. The molecule has 2 aromatic rings. The quantitative estimate of drug-likeness (QED) is 0.882. The third-order valence-electron chi connectivity index (χ3n) is 3.97. The van der Waals surface area contributed by atoms with Gasteiger partial charge in [0.15, 0.2) is 0 Å². The Labute approximate surface area is 148 Å². The maximum atomic E-state index is 13.7.